The van der Waals surface area contributed by atoms with E-state index in [4.69, 9.17) is 18.9 Å². The molecule has 0 bridgehead atoms. The minimum Gasteiger partial charge on any atom is -0.496 e. The van der Waals surface area contributed by atoms with E-state index in [0.29, 0.717) is 22.8 Å². The van der Waals surface area contributed by atoms with Crippen LogP contribution in [0.15, 0.2) is 40.6 Å². The normalized spacial score (nSPS) is 11.9. The summed E-state index contributed by atoms with van der Waals surface area (Å²) in [6.07, 6.45) is 1.30. The fourth-order valence-corrected chi connectivity index (χ4v) is 5.21. The smallest absolute Gasteiger partial charge is 0.388 e. The predicted octanol–water partition coefficient (Wildman–Crippen LogP) is 3.32. The van der Waals surface area contributed by atoms with Gasteiger partial charge >= 0.3 is 6.80 Å². The lowest BCUT2D eigenvalue weighted by Crippen LogP contribution is -2.09. The molecule has 0 aliphatic carbocycles. The number of hydrogen-bond acceptors (Lipinski definition) is 8. The molecule has 2 aromatic carbocycles. The molecular formula is C18H22NO9PS2. The molecule has 0 radical (unpaired) electrons. The van der Waals surface area contributed by atoms with E-state index in [0.717, 1.165) is 5.41 Å². The second-order valence-corrected chi connectivity index (χ2v) is 11.0. The molecule has 0 aliphatic rings. The summed E-state index contributed by atoms with van der Waals surface area (Å²) in [4.78, 5) is 18.5. The maximum Gasteiger partial charge on any atom is 0.388 e. The number of benzene rings is 2. The Hall–Kier alpha value is -2.37. The molecular weight excluding hydrogens is 469 g/mol. The van der Waals surface area contributed by atoms with Gasteiger partial charge in [-0.25, -0.2) is 13.0 Å². The summed E-state index contributed by atoms with van der Waals surface area (Å²) in [7, 11) is 1.67. The van der Waals surface area contributed by atoms with Crippen LogP contribution in [-0.4, -0.2) is 46.6 Å². The van der Waals surface area contributed by atoms with Gasteiger partial charge in [-0.3, -0.25) is 4.72 Å². The van der Waals surface area contributed by atoms with Crippen LogP contribution in [0.2, 0.25) is 0 Å². The highest BCUT2D eigenvalue weighted by atomic mass is 32.7. The standard InChI is InChI=1S/C18H22NO9PS2/c1-25-13-10-16(27-3)14(17(11-13)28-4)7-8-31(23,24)19-12-5-6-15(26-2)18(9-12)30-29(20,21)22/h5-11,19H,1-4H3,(H2,20,21,22). The van der Waals surface area contributed by atoms with Gasteiger partial charge in [-0.05, 0) is 35.7 Å². The van der Waals surface area contributed by atoms with Crippen molar-refractivity contribution in [1.82, 2.24) is 0 Å². The first-order valence-corrected chi connectivity index (χ1v) is 13.0. The minimum absolute atomic E-state index is 0.0819. The van der Waals surface area contributed by atoms with Crippen LogP contribution in [-0.2, 0) is 14.6 Å². The molecule has 13 heteroatoms. The van der Waals surface area contributed by atoms with E-state index in [1.54, 1.807) is 12.1 Å². The molecule has 2 rings (SSSR count). The number of hydrogen-bond donors (Lipinski definition) is 3. The second-order valence-electron chi connectivity index (χ2n) is 5.84. The van der Waals surface area contributed by atoms with Crippen LogP contribution >= 0.6 is 18.2 Å². The maximum absolute atomic E-state index is 12.6. The molecule has 3 N–H and O–H groups in total. The lowest BCUT2D eigenvalue weighted by atomic mass is 10.1. The third-order valence-electron chi connectivity index (χ3n) is 3.81. The van der Waals surface area contributed by atoms with Crippen LogP contribution in [0.4, 0.5) is 5.69 Å². The summed E-state index contributed by atoms with van der Waals surface area (Å²) >= 11 is 0.260. The van der Waals surface area contributed by atoms with Crippen molar-refractivity contribution in [2.45, 2.75) is 4.90 Å². The highest BCUT2D eigenvalue weighted by molar-refractivity contribution is 8.54. The predicted molar refractivity (Wildman–Crippen MR) is 119 cm³/mol. The van der Waals surface area contributed by atoms with E-state index in [-0.39, 0.29) is 27.7 Å². The molecule has 0 aliphatic heterocycles. The Balaban J connectivity index is 2.35. The first-order valence-electron chi connectivity index (χ1n) is 8.46. The van der Waals surface area contributed by atoms with Gasteiger partial charge in [0.1, 0.15) is 23.0 Å². The Morgan fingerprint density at radius 3 is 2.00 bits per heavy atom. The zero-order chi connectivity index (χ0) is 23.2. The average Bonchev–Trinajstić information content (AvgIpc) is 2.70. The number of methoxy groups -OCH3 is 4. The summed E-state index contributed by atoms with van der Waals surface area (Å²) in [6.45, 7) is -4.47. The van der Waals surface area contributed by atoms with E-state index in [2.05, 4.69) is 4.72 Å². The quantitative estimate of drug-likeness (QED) is 0.424. The molecule has 31 heavy (non-hydrogen) atoms. The van der Waals surface area contributed by atoms with E-state index in [1.807, 2.05) is 0 Å². The van der Waals surface area contributed by atoms with E-state index in [9.17, 15) is 22.8 Å². The van der Waals surface area contributed by atoms with Gasteiger partial charge in [0.15, 0.2) is 0 Å². The van der Waals surface area contributed by atoms with Crippen molar-refractivity contribution in [3.63, 3.8) is 0 Å². The summed E-state index contributed by atoms with van der Waals surface area (Å²) in [6, 6.07) is 7.23. The van der Waals surface area contributed by atoms with Crippen LogP contribution in [0.5, 0.6) is 23.0 Å². The van der Waals surface area contributed by atoms with Gasteiger partial charge in [0.2, 0.25) is 0 Å². The fourth-order valence-electron chi connectivity index (χ4n) is 2.49. The molecule has 0 fully saturated rings. The Morgan fingerprint density at radius 1 is 0.935 bits per heavy atom. The van der Waals surface area contributed by atoms with Gasteiger partial charge < -0.3 is 28.7 Å². The first-order chi connectivity index (χ1) is 14.5. The minimum atomic E-state index is -4.47. The van der Waals surface area contributed by atoms with Crippen molar-refractivity contribution < 1.29 is 41.7 Å². The molecule has 0 aromatic heterocycles. The summed E-state index contributed by atoms with van der Waals surface area (Å²) < 4.78 is 59.5. The number of rotatable bonds is 10. The maximum atomic E-state index is 12.6. The Kier molecular flexibility index (Phi) is 8.27. The Labute approximate surface area is 184 Å². The van der Waals surface area contributed by atoms with Crippen molar-refractivity contribution in [3.05, 3.63) is 41.3 Å². The highest BCUT2D eigenvalue weighted by Gasteiger charge is 2.20. The van der Waals surface area contributed by atoms with Gasteiger partial charge in [0.05, 0.1) is 50.0 Å². The summed E-state index contributed by atoms with van der Waals surface area (Å²) in [5, 5.41) is 0.917. The molecule has 0 atom stereocenters. The Bertz CT molecular complexity index is 1090. The number of sulfonamides is 1. The van der Waals surface area contributed by atoms with E-state index in [1.165, 1.54) is 52.7 Å². The molecule has 2 aromatic rings. The largest absolute Gasteiger partial charge is 0.496 e. The van der Waals surface area contributed by atoms with Gasteiger partial charge in [-0.15, -0.1) is 0 Å². The van der Waals surface area contributed by atoms with Gasteiger partial charge in [0, 0.05) is 12.1 Å². The van der Waals surface area contributed by atoms with E-state index < -0.39 is 16.8 Å². The molecule has 0 heterocycles. The topological polar surface area (TPSA) is 141 Å². The van der Waals surface area contributed by atoms with Crippen molar-refractivity contribution in [2.24, 2.45) is 0 Å². The van der Waals surface area contributed by atoms with Crippen molar-refractivity contribution in [1.29, 1.82) is 0 Å². The first kappa shape index (κ1) is 24.9. The molecule has 10 nitrogen and oxygen atoms in total. The number of nitrogens with one attached hydrogen (secondary N) is 1. The van der Waals surface area contributed by atoms with Crippen molar-refractivity contribution >= 4 is 40.0 Å². The third kappa shape index (κ3) is 7.08. The molecule has 0 spiro atoms. The average molecular weight is 491 g/mol. The molecule has 0 saturated heterocycles. The molecule has 170 valence electrons. The van der Waals surface area contributed by atoms with Gasteiger partial charge in [-0.1, -0.05) is 0 Å². The zero-order valence-electron chi connectivity index (χ0n) is 17.1. The van der Waals surface area contributed by atoms with Crippen LogP contribution in [0.3, 0.4) is 0 Å². The summed E-state index contributed by atoms with van der Waals surface area (Å²) in [5.41, 5.74) is 0.471. The number of ether oxygens (including phenoxy) is 4. The third-order valence-corrected chi connectivity index (χ3v) is 6.88. The van der Waals surface area contributed by atoms with Crippen LogP contribution in [0, 0.1) is 0 Å². The highest BCUT2D eigenvalue weighted by Crippen LogP contribution is 2.57. The van der Waals surface area contributed by atoms with Gasteiger partial charge in [-0.2, -0.15) is 0 Å². The van der Waals surface area contributed by atoms with Crippen LogP contribution in [0.1, 0.15) is 5.56 Å². The van der Waals surface area contributed by atoms with E-state index >= 15 is 0 Å². The number of anilines is 1. The zero-order valence-corrected chi connectivity index (χ0v) is 19.6. The fraction of sp³-hybridized carbons (Fsp3) is 0.222. The van der Waals surface area contributed by atoms with Gasteiger partial charge in [0.25, 0.3) is 10.0 Å². The monoisotopic (exact) mass is 491 g/mol. The molecule has 0 saturated carbocycles. The lowest BCUT2D eigenvalue weighted by molar-refractivity contribution is 0.374. The van der Waals surface area contributed by atoms with Crippen molar-refractivity contribution in [3.8, 4) is 23.0 Å². The molecule has 0 unspecified atom stereocenters. The van der Waals surface area contributed by atoms with Crippen molar-refractivity contribution in [2.75, 3.05) is 33.2 Å². The lowest BCUT2D eigenvalue weighted by Gasteiger charge is -2.13. The molecule has 0 amide bonds. The SMILES string of the molecule is COc1cc(OC)c(C=CS(=O)(=O)Nc2ccc(OC)c(SP(=O)(O)O)c2)c(OC)c1. The van der Waals surface area contributed by atoms with Crippen LogP contribution in [0.25, 0.3) is 6.08 Å². The summed E-state index contributed by atoms with van der Waals surface area (Å²) in [5.74, 6) is 1.35. The van der Waals surface area contributed by atoms with Crippen LogP contribution < -0.4 is 23.7 Å². The second kappa shape index (κ2) is 10.3. The Morgan fingerprint density at radius 2 is 1.52 bits per heavy atom.